The lowest BCUT2D eigenvalue weighted by Crippen LogP contribution is -2.39. The minimum Gasteiger partial charge on any atom is -0.337 e. The van der Waals surface area contributed by atoms with Gasteiger partial charge in [0.15, 0.2) is 11.2 Å². The number of nitrogens with zero attached hydrogens (tertiary/aromatic N) is 7. The van der Waals surface area contributed by atoms with Crippen LogP contribution in [0, 0.1) is 13.8 Å². The molecule has 9 nitrogen and oxygen atoms in total. The number of fused-ring (bicyclic) bond motifs is 3. The number of imidazole rings is 3. The Hall–Kier alpha value is -3.88. The van der Waals surface area contributed by atoms with E-state index in [1.165, 1.54) is 9.13 Å². The lowest BCUT2D eigenvalue weighted by Gasteiger charge is -2.08. The van der Waals surface area contributed by atoms with E-state index in [1.54, 1.807) is 19.6 Å². The number of aryl methyl sites for hydroxylation is 5. The van der Waals surface area contributed by atoms with Crippen molar-refractivity contribution in [2.75, 3.05) is 0 Å². The third-order valence-electron chi connectivity index (χ3n) is 5.96. The first-order valence-electron chi connectivity index (χ1n) is 10.6. The van der Waals surface area contributed by atoms with Gasteiger partial charge in [0.2, 0.25) is 5.78 Å². The fourth-order valence-corrected chi connectivity index (χ4v) is 4.18. The predicted molar refractivity (Wildman–Crippen MR) is 122 cm³/mol. The summed E-state index contributed by atoms with van der Waals surface area (Å²) in [5.74, 6) is 0.670. The van der Waals surface area contributed by atoms with Gasteiger partial charge in [0.05, 0.1) is 12.9 Å². The highest BCUT2D eigenvalue weighted by Gasteiger charge is 2.20. The Labute approximate surface area is 183 Å². The molecule has 5 rings (SSSR count). The molecule has 0 aliphatic rings. The Morgan fingerprint density at radius 3 is 2.50 bits per heavy atom. The van der Waals surface area contributed by atoms with Crippen molar-refractivity contribution in [3.05, 3.63) is 86.8 Å². The molecule has 0 unspecified atom stereocenters. The maximum absolute atomic E-state index is 13.4. The lowest BCUT2D eigenvalue weighted by atomic mass is 10.1. The van der Waals surface area contributed by atoms with Gasteiger partial charge < -0.3 is 9.13 Å². The highest BCUT2D eigenvalue weighted by atomic mass is 16.2. The molecule has 0 bridgehead atoms. The molecular weight excluding hydrogens is 406 g/mol. The molecule has 0 aliphatic carbocycles. The summed E-state index contributed by atoms with van der Waals surface area (Å²) in [6.07, 6.45) is 8.32. The second-order valence-corrected chi connectivity index (χ2v) is 8.25. The van der Waals surface area contributed by atoms with Crippen molar-refractivity contribution < 1.29 is 0 Å². The highest BCUT2D eigenvalue weighted by Crippen LogP contribution is 2.17. The van der Waals surface area contributed by atoms with Crippen LogP contribution in [-0.2, 0) is 26.7 Å². The molecule has 0 saturated carbocycles. The maximum atomic E-state index is 13.4. The van der Waals surface area contributed by atoms with Crippen molar-refractivity contribution >= 4 is 16.9 Å². The van der Waals surface area contributed by atoms with Crippen molar-refractivity contribution in [2.45, 2.75) is 39.9 Å². The summed E-state index contributed by atoms with van der Waals surface area (Å²) in [6.45, 7) is 5.82. The van der Waals surface area contributed by atoms with E-state index in [2.05, 4.69) is 14.5 Å². The van der Waals surface area contributed by atoms with E-state index in [9.17, 15) is 9.59 Å². The van der Waals surface area contributed by atoms with Crippen LogP contribution >= 0.6 is 0 Å². The maximum Gasteiger partial charge on any atom is 0.332 e. The number of rotatable bonds is 6. The first kappa shape index (κ1) is 20.0. The van der Waals surface area contributed by atoms with Gasteiger partial charge in [-0.3, -0.25) is 18.3 Å². The quantitative estimate of drug-likeness (QED) is 0.412. The summed E-state index contributed by atoms with van der Waals surface area (Å²) < 4.78 is 8.68. The van der Waals surface area contributed by atoms with Crippen LogP contribution in [0.4, 0.5) is 0 Å². The number of benzene rings is 1. The Balaban J connectivity index is 1.58. The SMILES string of the molecule is Cc1ccc(Cn2c(=O)c3c(nc4n(CCCn5ccnc5)c(C)cn34)n(C)c2=O)cc1. The molecule has 0 saturated heterocycles. The van der Waals surface area contributed by atoms with Gasteiger partial charge in [-0.05, 0) is 25.8 Å². The topological polar surface area (TPSA) is 84.0 Å². The first-order valence-corrected chi connectivity index (χ1v) is 10.6. The molecule has 5 aromatic rings. The van der Waals surface area contributed by atoms with Crippen molar-refractivity contribution in [3.63, 3.8) is 0 Å². The van der Waals surface area contributed by atoms with Crippen LogP contribution in [0.3, 0.4) is 0 Å². The van der Waals surface area contributed by atoms with Gasteiger partial charge in [-0.15, -0.1) is 0 Å². The van der Waals surface area contributed by atoms with E-state index in [4.69, 9.17) is 0 Å². The largest absolute Gasteiger partial charge is 0.337 e. The minimum atomic E-state index is -0.368. The van der Waals surface area contributed by atoms with Gasteiger partial charge in [-0.25, -0.2) is 9.78 Å². The van der Waals surface area contributed by atoms with Crippen molar-refractivity contribution in [1.29, 1.82) is 0 Å². The van der Waals surface area contributed by atoms with Gasteiger partial charge in [-0.1, -0.05) is 29.8 Å². The van der Waals surface area contributed by atoms with Crippen LogP contribution in [0.2, 0.25) is 0 Å². The zero-order valence-corrected chi connectivity index (χ0v) is 18.4. The van der Waals surface area contributed by atoms with Crippen LogP contribution in [0.25, 0.3) is 16.9 Å². The molecule has 0 aliphatic heterocycles. The molecule has 164 valence electrons. The van der Waals surface area contributed by atoms with Crippen molar-refractivity contribution in [2.24, 2.45) is 7.05 Å². The number of hydrogen-bond acceptors (Lipinski definition) is 4. The smallest absolute Gasteiger partial charge is 0.332 e. The molecule has 4 heterocycles. The van der Waals surface area contributed by atoms with Crippen LogP contribution in [-0.4, -0.2) is 32.6 Å². The molecular formula is C23H25N7O2. The van der Waals surface area contributed by atoms with Crippen LogP contribution in [0.5, 0.6) is 0 Å². The summed E-state index contributed by atoms with van der Waals surface area (Å²) in [7, 11) is 1.67. The van der Waals surface area contributed by atoms with E-state index in [0.29, 0.717) is 16.9 Å². The van der Waals surface area contributed by atoms with Crippen molar-refractivity contribution in [3.8, 4) is 0 Å². The summed E-state index contributed by atoms with van der Waals surface area (Å²) in [6, 6.07) is 7.85. The van der Waals surface area contributed by atoms with E-state index in [1.807, 2.05) is 59.5 Å². The zero-order valence-electron chi connectivity index (χ0n) is 18.4. The average molecular weight is 432 g/mol. The summed E-state index contributed by atoms with van der Waals surface area (Å²) in [5.41, 5.74) is 3.18. The third-order valence-corrected chi connectivity index (χ3v) is 5.96. The molecule has 0 fully saturated rings. The van der Waals surface area contributed by atoms with E-state index >= 15 is 0 Å². The van der Waals surface area contributed by atoms with Crippen LogP contribution in [0.1, 0.15) is 23.2 Å². The highest BCUT2D eigenvalue weighted by molar-refractivity contribution is 5.75. The van der Waals surface area contributed by atoms with Crippen LogP contribution < -0.4 is 11.2 Å². The van der Waals surface area contributed by atoms with Crippen molar-refractivity contribution in [1.82, 2.24) is 32.6 Å². The monoisotopic (exact) mass is 431 g/mol. The molecule has 0 N–H and O–H groups in total. The fourth-order valence-electron chi connectivity index (χ4n) is 4.18. The van der Waals surface area contributed by atoms with E-state index in [0.717, 1.165) is 36.3 Å². The molecule has 1 aromatic carbocycles. The average Bonchev–Trinajstić information content (AvgIpc) is 3.48. The Kier molecular flexibility index (Phi) is 4.80. The Morgan fingerprint density at radius 2 is 1.78 bits per heavy atom. The minimum absolute atomic E-state index is 0.222. The molecule has 0 radical (unpaired) electrons. The normalized spacial score (nSPS) is 11.7. The van der Waals surface area contributed by atoms with Gasteiger partial charge in [0.25, 0.3) is 5.56 Å². The lowest BCUT2D eigenvalue weighted by molar-refractivity contribution is 0.564. The van der Waals surface area contributed by atoms with Crippen LogP contribution in [0.15, 0.2) is 58.8 Å². The fraction of sp³-hybridized carbons (Fsp3) is 0.304. The number of hydrogen-bond donors (Lipinski definition) is 0. The van der Waals surface area contributed by atoms with Gasteiger partial charge in [-0.2, -0.15) is 4.98 Å². The second-order valence-electron chi connectivity index (χ2n) is 8.25. The first-order chi connectivity index (χ1) is 15.4. The third kappa shape index (κ3) is 3.26. The molecule has 9 heteroatoms. The predicted octanol–water partition coefficient (Wildman–Crippen LogP) is 2.10. The molecule has 32 heavy (non-hydrogen) atoms. The summed E-state index contributed by atoms with van der Waals surface area (Å²) >= 11 is 0. The molecule has 0 atom stereocenters. The summed E-state index contributed by atoms with van der Waals surface area (Å²) in [5, 5.41) is 0. The zero-order chi connectivity index (χ0) is 22.4. The molecule has 0 spiro atoms. The number of aromatic nitrogens is 7. The molecule has 4 aromatic heterocycles. The summed E-state index contributed by atoms with van der Waals surface area (Å²) in [4.78, 5) is 35.2. The van der Waals surface area contributed by atoms with Gasteiger partial charge in [0, 0.05) is 44.4 Å². The van der Waals surface area contributed by atoms with Gasteiger partial charge >= 0.3 is 5.69 Å². The Bertz CT molecular complexity index is 1530. The Morgan fingerprint density at radius 1 is 1.00 bits per heavy atom. The standard InChI is InChI=1S/C23H25N7O2/c1-16-5-7-18(8-6-16)14-30-21(31)19-20(26(3)23(30)32)25-22-28(17(2)13-29(19)22)11-4-10-27-12-9-24-15-27/h5-9,12-13,15H,4,10-11,14H2,1-3H3. The van der Waals surface area contributed by atoms with E-state index in [-0.39, 0.29) is 17.8 Å². The van der Waals surface area contributed by atoms with Gasteiger partial charge in [0.1, 0.15) is 0 Å². The van der Waals surface area contributed by atoms with E-state index < -0.39 is 0 Å². The second kappa shape index (κ2) is 7.67. The molecule has 0 amide bonds.